The molecule has 0 saturated carbocycles. The average Bonchev–Trinajstić information content (AvgIpc) is 3.03. The van der Waals surface area contributed by atoms with Gasteiger partial charge in [0.05, 0.1) is 12.6 Å². The van der Waals surface area contributed by atoms with Gasteiger partial charge in [-0.15, -0.1) is 0 Å². The van der Waals surface area contributed by atoms with Crippen molar-refractivity contribution in [2.75, 3.05) is 13.7 Å². The third kappa shape index (κ3) is 4.60. The number of hydrogen-bond donors (Lipinski definition) is 1. The van der Waals surface area contributed by atoms with E-state index >= 15 is 0 Å². The summed E-state index contributed by atoms with van der Waals surface area (Å²) >= 11 is 0. The average molecular weight is 407 g/mol. The Morgan fingerprint density at radius 3 is 2.29 bits per heavy atom. The van der Waals surface area contributed by atoms with Crippen molar-refractivity contribution in [2.24, 2.45) is 0 Å². The highest BCUT2D eigenvalue weighted by molar-refractivity contribution is 7.90. The van der Waals surface area contributed by atoms with Crippen LogP contribution in [0.1, 0.15) is 43.5 Å². The molecular weight excluding hydrogens is 379 g/mol. The number of halogens is 1. The second-order valence-electron chi connectivity index (χ2n) is 8.19. The van der Waals surface area contributed by atoms with E-state index in [2.05, 4.69) is 25.5 Å². The molecule has 7 heteroatoms. The summed E-state index contributed by atoms with van der Waals surface area (Å²) in [5, 5.41) is 0.867. The molecule has 0 aromatic heterocycles. The molecule has 1 aliphatic rings. The maximum Gasteiger partial charge on any atom is 0.219 e. The Labute approximate surface area is 166 Å². The molecule has 1 fully saturated rings. The fourth-order valence-electron chi connectivity index (χ4n) is 3.35. The molecule has 0 aliphatic carbocycles. The summed E-state index contributed by atoms with van der Waals surface area (Å²) in [6, 6.07) is 13.4. The number of hydroxylamine groups is 2. The van der Waals surface area contributed by atoms with Crippen LogP contribution in [0.4, 0.5) is 4.39 Å². The van der Waals surface area contributed by atoms with Gasteiger partial charge in [0, 0.05) is 13.6 Å². The van der Waals surface area contributed by atoms with E-state index in [-0.39, 0.29) is 24.4 Å². The van der Waals surface area contributed by atoms with Crippen LogP contribution in [-0.2, 0) is 26.8 Å². The van der Waals surface area contributed by atoms with E-state index < -0.39 is 21.3 Å². The summed E-state index contributed by atoms with van der Waals surface area (Å²) in [5.74, 6) is -0.351. The first-order chi connectivity index (χ1) is 13.1. The predicted octanol–water partition coefficient (Wildman–Crippen LogP) is 3.53. The van der Waals surface area contributed by atoms with Crippen molar-refractivity contribution >= 4 is 10.0 Å². The van der Waals surface area contributed by atoms with E-state index in [0.717, 1.165) is 5.56 Å². The molecule has 2 atom stereocenters. The van der Waals surface area contributed by atoms with Crippen LogP contribution >= 0.6 is 0 Å². The molecule has 1 heterocycles. The fraction of sp³-hybridized carbons (Fsp3) is 0.429. The second kappa shape index (κ2) is 7.91. The number of rotatable bonds is 5. The van der Waals surface area contributed by atoms with Gasteiger partial charge in [-0.1, -0.05) is 57.2 Å². The minimum atomic E-state index is -3.65. The van der Waals surface area contributed by atoms with Crippen LogP contribution in [0.3, 0.4) is 0 Å². The van der Waals surface area contributed by atoms with Crippen molar-refractivity contribution in [1.29, 1.82) is 0 Å². The summed E-state index contributed by atoms with van der Waals surface area (Å²) in [7, 11) is -1.90. The first-order valence-corrected chi connectivity index (χ1v) is 10.8. The zero-order valence-electron chi connectivity index (χ0n) is 16.6. The van der Waals surface area contributed by atoms with Gasteiger partial charge in [0.25, 0.3) is 0 Å². The fourth-order valence-corrected chi connectivity index (χ4v) is 4.84. The SMILES string of the molecule is CN1OCC(S(=O)(=O)NCc2ccc(F)cc2)C1c1ccc(C(C)(C)C)cc1. The van der Waals surface area contributed by atoms with Crippen molar-refractivity contribution in [3.63, 3.8) is 0 Å². The van der Waals surface area contributed by atoms with E-state index in [4.69, 9.17) is 4.84 Å². The van der Waals surface area contributed by atoms with Gasteiger partial charge in [0.15, 0.2) is 0 Å². The molecule has 0 spiro atoms. The minimum Gasteiger partial charge on any atom is -0.297 e. The largest absolute Gasteiger partial charge is 0.297 e. The lowest BCUT2D eigenvalue weighted by Gasteiger charge is -2.25. The van der Waals surface area contributed by atoms with Crippen molar-refractivity contribution in [3.8, 4) is 0 Å². The third-order valence-electron chi connectivity index (χ3n) is 5.09. The topological polar surface area (TPSA) is 58.6 Å². The van der Waals surface area contributed by atoms with Gasteiger partial charge in [-0.05, 0) is 34.2 Å². The normalized spacial score (nSPS) is 21.2. The number of sulfonamides is 1. The molecule has 152 valence electrons. The molecule has 2 aromatic rings. The van der Waals surface area contributed by atoms with Crippen molar-refractivity contribution in [1.82, 2.24) is 9.79 Å². The zero-order valence-corrected chi connectivity index (χ0v) is 17.5. The standard InChI is InChI=1S/C21H27FN2O3S/c1-21(2,3)17-9-7-16(8-10-17)20-19(14-27-24(20)4)28(25,26)23-13-15-5-11-18(22)12-6-15/h5-12,19-20,23H,13-14H2,1-4H3. The van der Waals surface area contributed by atoms with Crippen LogP contribution in [0, 0.1) is 5.82 Å². The first-order valence-electron chi connectivity index (χ1n) is 9.27. The molecular formula is C21H27FN2O3S. The first kappa shape index (κ1) is 20.9. The highest BCUT2D eigenvalue weighted by atomic mass is 32.2. The number of nitrogens with one attached hydrogen (secondary N) is 1. The molecule has 0 bridgehead atoms. The van der Waals surface area contributed by atoms with E-state index in [1.807, 2.05) is 24.3 Å². The van der Waals surface area contributed by atoms with Crippen molar-refractivity contribution in [2.45, 2.75) is 44.0 Å². The van der Waals surface area contributed by atoms with Gasteiger partial charge in [0.1, 0.15) is 11.1 Å². The second-order valence-corrected chi connectivity index (χ2v) is 10.2. The van der Waals surface area contributed by atoms with Gasteiger partial charge < -0.3 is 0 Å². The Morgan fingerprint density at radius 1 is 1.11 bits per heavy atom. The van der Waals surface area contributed by atoms with E-state index in [1.54, 1.807) is 24.2 Å². The molecule has 1 saturated heterocycles. The highest BCUT2D eigenvalue weighted by Crippen LogP contribution is 2.34. The zero-order chi connectivity index (χ0) is 20.5. The lowest BCUT2D eigenvalue weighted by atomic mass is 9.86. The van der Waals surface area contributed by atoms with Crippen molar-refractivity contribution < 1.29 is 17.6 Å². The van der Waals surface area contributed by atoms with Crippen LogP contribution in [-0.4, -0.2) is 32.4 Å². The third-order valence-corrected chi connectivity index (χ3v) is 6.83. The smallest absolute Gasteiger partial charge is 0.219 e. The summed E-state index contributed by atoms with van der Waals surface area (Å²) in [4.78, 5) is 5.55. The van der Waals surface area contributed by atoms with Crippen LogP contribution in [0.2, 0.25) is 0 Å². The Morgan fingerprint density at radius 2 is 1.71 bits per heavy atom. The van der Waals surface area contributed by atoms with E-state index in [1.165, 1.54) is 17.7 Å². The minimum absolute atomic E-state index is 0.0266. The quantitative estimate of drug-likeness (QED) is 0.825. The monoisotopic (exact) mass is 406 g/mol. The summed E-state index contributed by atoms with van der Waals surface area (Å²) in [6.45, 7) is 6.61. The van der Waals surface area contributed by atoms with Gasteiger partial charge >= 0.3 is 0 Å². The lowest BCUT2D eigenvalue weighted by molar-refractivity contribution is -0.110. The molecule has 3 rings (SSSR count). The van der Waals surface area contributed by atoms with E-state index in [9.17, 15) is 12.8 Å². The number of nitrogens with zero attached hydrogens (tertiary/aromatic N) is 1. The number of benzene rings is 2. The Hall–Kier alpha value is -1.80. The maximum absolute atomic E-state index is 13.0. The molecule has 0 radical (unpaired) electrons. The molecule has 2 aromatic carbocycles. The summed E-state index contributed by atoms with van der Waals surface area (Å²) in [5.41, 5.74) is 2.80. The summed E-state index contributed by atoms with van der Waals surface area (Å²) in [6.07, 6.45) is 0. The Kier molecular flexibility index (Phi) is 5.91. The molecule has 28 heavy (non-hydrogen) atoms. The molecule has 5 nitrogen and oxygen atoms in total. The van der Waals surface area contributed by atoms with Gasteiger partial charge in [-0.3, -0.25) is 4.84 Å². The molecule has 1 aliphatic heterocycles. The van der Waals surface area contributed by atoms with Crippen LogP contribution in [0.5, 0.6) is 0 Å². The maximum atomic E-state index is 13.0. The Balaban J connectivity index is 1.78. The van der Waals surface area contributed by atoms with Gasteiger partial charge in [-0.25, -0.2) is 17.5 Å². The Bertz CT molecular complexity index is 906. The predicted molar refractivity (Wildman–Crippen MR) is 108 cm³/mol. The van der Waals surface area contributed by atoms with Crippen molar-refractivity contribution in [3.05, 3.63) is 71.0 Å². The molecule has 2 unspecified atom stereocenters. The lowest BCUT2D eigenvalue weighted by Crippen LogP contribution is -2.39. The van der Waals surface area contributed by atoms with E-state index in [0.29, 0.717) is 5.56 Å². The van der Waals surface area contributed by atoms with Crippen LogP contribution in [0.25, 0.3) is 0 Å². The molecule has 0 amide bonds. The van der Waals surface area contributed by atoms with Crippen LogP contribution < -0.4 is 4.72 Å². The van der Waals surface area contributed by atoms with Crippen LogP contribution in [0.15, 0.2) is 48.5 Å². The van der Waals surface area contributed by atoms with Gasteiger partial charge in [0.2, 0.25) is 10.0 Å². The molecule has 1 N–H and O–H groups in total. The van der Waals surface area contributed by atoms with Gasteiger partial charge in [-0.2, -0.15) is 5.06 Å². The highest BCUT2D eigenvalue weighted by Gasteiger charge is 2.43. The number of hydrogen-bond acceptors (Lipinski definition) is 4. The summed E-state index contributed by atoms with van der Waals surface area (Å²) < 4.78 is 41.5.